The Balaban J connectivity index is 1.76. The summed E-state index contributed by atoms with van der Waals surface area (Å²) < 4.78 is 28.2. The van der Waals surface area contributed by atoms with Crippen molar-refractivity contribution in [3.63, 3.8) is 0 Å². The highest BCUT2D eigenvalue weighted by Crippen LogP contribution is 2.47. The number of carbonyl (C=O) groups is 1. The molecule has 3 aromatic rings. The molecule has 3 N–H and O–H groups in total. The number of allylic oxidation sites excluding steroid dienone is 3. The Hall–Kier alpha value is -3.92. The van der Waals surface area contributed by atoms with Gasteiger partial charge in [-0.05, 0) is 54.1 Å². The number of rotatable bonds is 2. The first-order chi connectivity index (χ1) is 15.0. The highest BCUT2D eigenvalue weighted by molar-refractivity contribution is 6.01. The summed E-state index contributed by atoms with van der Waals surface area (Å²) in [4.78, 5) is 17.6. The van der Waals surface area contributed by atoms with Crippen molar-refractivity contribution in [2.24, 2.45) is 5.73 Å². The van der Waals surface area contributed by atoms with Crippen molar-refractivity contribution < 1.29 is 13.6 Å². The largest absolute Gasteiger partial charge is 0.384 e. The van der Waals surface area contributed by atoms with Crippen LogP contribution in [0.2, 0.25) is 0 Å². The average molecular weight is 416 g/mol. The molecule has 0 bridgehead atoms. The number of Topliss-reactive ketones (excluding diaryl/α,β-unsaturated/α-hetero) is 1. The minimum Gasteiger partial charge on any atom is -0.384 e. The molecule has 2 aromatic carbocycles. The lowest BCUT2D eigenvalue weighted by Gasteiger charge is -2.39. The Kier molecular flexibility index (Phi) is 4.36. The van der Waals surface area contributed by atoms with Gasteiger partial charge in [-0.3, -0.25) is 9.69 Å². The second-order valence-corrected chi connectivity index (χ2v) is 7.74. The number of ketones is 1. The Morgan fingerprint density at radius 2 is 1.97 bits per heavy atom. The van der Waals surface area contributed by atoms with Gasteiger partial charge in [-0.15, -0.1) is 0 Å². The van der Waals surface area contributed by atoms with Crippen molar-refractivity contribution >= 4 is 22.4 Å². The fourth-order valence-electron chi connectivity index (χ4n) is 4.61. The molecule has 0 fully saturated rings. The molecular formula is C24H18F2N4O. The first-order valence-electron chi connectivity index (χ1n) is 9.98. The number of H-pyrrole nitrogens is 1. The van der Waals surface area contributed by atoms with Crippen LogP contribution in [0.4, 0.5) is 14.5 Å². The van der Waals surface area contributed by atoms with Crippen LogP contribution in [0.1, 0.15) is 30.7 Å². The molecule has 31 heavy (non-hydrogen) atoms. The van der Waals surface area contributed by atoms with Gasteiger partial charge in [-0.2, -0.15) is 5.26 Å². The number of hydrogen-bond acceptors (Lipinski definition) is 4. The molecule has 0 spiro atoms. The SMILES string of the molecule is N#CC1=C(N)N(c2ccc(F)cc2F)C2=C(C(=O)CCC2)C1c1ccc2[nH]ccc2c1. The summed E-state index contributed by atoms with van der Waals surface area (Å²) in [5.41, 5.74) is 9.34. The molecule has 0 saturated heterocycles. The van der Waals surface area contributed by atoms with Crippen LogP contribution in [0.15, 0.2) is 71.3 Å². The predicted octanol–water partition coefficient (Wildman–Crippen LogP) is 4.75. The van der Waals surface area contributed by atoms with Crippen LogP contribution in [-0.2, 0) is 4.79 Å². The lowest BCUT2D eigenvalue weighted by atomic mass is 9.75. The van der Waals surface area contributed by atoms with Crippen LogP contribution >= 0.6 is 0 Å². The van der Waals surface area contributed by atoms with Gasteiger partial charge in [0.15, 0.2) is 5.78 Å². The van der Waals surface area contributed by atoms with Crippen LogP contribution in [0.25, 0.3) is 10.9 Å². The first kappa shape index (κ1) is 19.1. The topological polar surface area (TPSA) is 85.9 Å². The molecule has 1 aliphatic carbocycles. The van der Waals surface area contributed by atoms with Crippen molar-refractivity contribution in [2.45, 2.75) is 25.2 Å². The molecule has 5 nitrogen and oxygen atoms in total. The number of anilines is 1. The molecule has 2 aliphatic rings. The third-order valence-electron chi connectivity index (χ3n) is 5.97. The minimum absolute atomic E-state index is 0.0217. The van der Waals surface area contributed by atoms with Crippen molar-refractivity contribution in [1.29, 1.82) is 5.26 Å². The fourth-order valence-corrected chi connectivity index (χ4v) is 4.61. The number of halogens is 2. The quantitative estimate of drug-likeness (QED) is 0.631. The smallest absolute Gasteiger partial charge is 0.161 e. The third kappa shape index (κ3) is 2.91. The van der Waals surface area contributed by atoms with Crippen LogP contribution in [0.5, 0.6) is 0 Å². The van der Waals surface area contributed by atoms with E-state index in [0.29, 0.717) is 30.5 Å². The van der Waals surface area contributed by atoms with Gasteiger partial charge in [0, 0.05) is 35.5 Å². The lowest BCUT2D eigenvalue weighted by molar-refractivity contribution is -0.116. The second kappa shape index (κ2) is 7.10. The molecular weight excluding hydrogens is 398 g/mol. The number of hydrogen-bond donors (Lipinski definition) is 2. The monoisotopic (exact) mass is 416 g/mol. The molecule has 154 valence electrons. The van der Waals surface area contributed by atoms with Gasteiger partial charge < -0.3 is 10.7 Å². The van der Waals surface area contributed by atoms with E-state index in [9.17, 15) is 18.8 Å². The van der Waals surface area contributed by atoms with E-state index in [4.69, 9.17) is 5.73 Å². The van der Waals surface area contributed by atoms with Gasteiger partial charge in [0.1, 0.15) is 17.5 Å². The fraction of sp³-hybridized carbons (Fsp3) is 0.167. The number of benzene rings is 2. The lowest BCUT2D eigenvalue weighted by Crippen LogP contribution is -2.39. The van der Waals surface area contributed by atoms with E-state index in [1.807, 2.05) is 30.5 Å². The zero-order valence-corrected chi connectivity index (χ0v) is 16.5. The standard InChI is InChI=1S/C24H18F2N4O/c25-15-5-7-19(17(26)11-15)30-20-2-1-3-21(31)23(20)22(16(12-27)24(30)28)14-4-6-18-13(10-14)8-9-29-18/h4-11,22,29H,1-3,28H2. The Morgan fingerprint density at radius 3 is 2.74 bits per heavy atom. The summed E-state index contributed by atoms with van der Waals surface area (Å²) in [6, 6.07) is 12.9. The molecule has 1 aromatic heterocycles. The number of carbonyl (C=O) groups excluding carboxylic acids is 1. The Labute approximate surface area is 177 Å². The Morgan fingerprint density at radius 1 is 1.13 bits per heavy atom. The van der Waals surface area contributed by atoms with E-state index in [0.717, 1.165) is 28.6 Å². The zero-order valence-electron chi connectivity index (χ0n) is 16.5. The maximum atomic E-state index is 14.7. The zero-order chi connectivity index (χ0) is 21.7. The normalized spacial score (nSPS) is 19.1. The van der Waals surface area contributed by atoms with E-state index in [1.165, 1.54) is 11.0 Å². The van der Waals surface area contributed by atoms with Crippen LogP contribution in [-0.4, -0.2) is 10.8 Å². The molecule has 7 heteroatoms. The molecule has 0 amide bonds. The van der Waals surface area contributed by atoms with Crippen LogP contribution in [0.3, 0.4) is 0 Å². The molecule has 0 radical (unpaired) electrons. The van der Waals surface area contributed by atoms with Crippen LogP contribution < -0.4 is 10.6 Å². The Bertz CT molecular complexity index is 1350. The summed E-state index contributed by atoms with van der Waals surface area (Å²) in [5, 5.41) is 11.0. The van der Waals surface area contributed by atoms with Crippen molar-refractivity contribution in [3.05, 3.63) is 88.5 Å². The van der Waals surface area contributed by atoms with Gasteiger partial charge in [-0.1, -0.05) is 6.07 Å². The van der Waals surface area contributed by atoms with Crippen molar-refractivity contribution in [3.8, 4) is 6.07 Å². The number of fused-ring (bicyclic) bond motifs is 1. The van der Waals surface area contributed by atoms with E-state index in [-0.39, 0.29) is 22.9 Å². The molecule has 0 saturated carbocycles. The van der Waals surface area contributed by atoms with Crippen LogP contribution in [0, 0.1) is 23.0 Å². The number of nitrogens with one attached hydrogen (secondary N) is 1. The highest BCUT2D eigenvalue weighted by atomic mass is 19.1. The molecule has 1 unspecified atom stereocenters. The number of aromatic amines is 1. The third-order valence-corrected chi connectivity index (χ3v) is 5.97. The van der Waals surface area contributed by atoms with Gasteiger partial charge in [0.2, 0.25) is 0 Å². The summed E-state index contributed by atoms with van der Waals surface area (Å²) in [7, 11) is 0. The summed E-state index contributed by atoms with van der Waals surface area (Å²) in [5.74, 6) is -2.19. The number of nitrogens with two attached hydrogens (primary N) is 1. The van der Waals surface area contributed by atoms with E-state index >= 15 is 0 Å². The maximum Gasteiger partial charge on any atom is 0.161 e. The average Bonchev–Trinajstić information content (AvgIpc) is 3.22. The van der Waals surface area contributed by atoms with Crippen molar-refractivity contribution in [1.82, 2.24) is 4.98 Å². The van der Waals surface area contributed by atoms with E-state index < -0.39 is 17.6 Å². The van der Waals surface area contributed by atoms with Gasteiger partial charge in [0.05, 0.1) is 23.2 Å². The number of aromatic nitrogens is 1. The molecule has 1 aliphatic heterocycles. The van der Waals surface area contributed by atoms with Gasteiger partial charge in [-0.25, -0.2) is 8.78 Å². The van der Waals surface area contributed by atoms with Gasteiger partial charge >= 0.3 is 0 Å². The number of nitrogens with zero attached hydrogens (tertiary/aromatic N) is 2. The number of nitriles is 1. The van der Waals surface area contributed by atoms with E-state index in [2.05, 4.69) is 11.1 Å². The predicted molar refractivity (Wildman–Crippen MR) is 113 cm³/mol. The van der Waals surface area contributed by atoms with E-state index in [1.54, 1.807) is 0 Å². The first-order valence-corrected chi connectivity index (χ1v) is 9.98. The summed E-state index contributed by atoms with van der Waals surface area (Å²) >= 11 is 0. The second-order valence-electron chi connectivity index (χ2n) is 7.74. The maximum absolute atomic E-state index is 14.7. The summed E-state index contributed by atoms with van der Waals surface area (Å²) in [6.45, 7) is 0. The molecule has 2 heterocycles. The minimum atomic E-state index is -0.808. The van der Waals surface area contributed by atoms with Gasteiger partial charge in [0.25, 0.3) is 0 Å². The molecule has 5 rings (SSSR count). The summed E-state index contributed by atoms with van der Waals surface area (Å²) in [6.07, 6.45) is 3.26. The highest BCUT2D eigenvalue weighted by Gasteiger charge is 2.40. The molecule has 1 atom stereocenters. The van der Waals surface area contributed by atoms with Crippen molar-refractivity contribution in [2.75, 3.05) is 4.90 Å².